The number of ketones is 3. The Bertz CT molecular complexity index is 2210. The highest BCUT2D eigenvalue weighted by atomic mass is 16.5. The molecule has 4 atom stereocenters. The van der Waals surface area contributed by atoms with E-state index < -0.39 is 41.5 Å². The second-order valence-corrected chi connectivity index (χ2v) is 17.2. The van der Waals surface area contributed by atoms with E-state index in [2.05, 4.69) is 17.1 Å². The minimum Gasteiger partial charge on any atom is -0.492 e. The number of nitrogens with one attached hydrogen (secondary N) is 1. The molecular weight excluding hydrogens is 835 g/mol. The summed E-state index contributed by atoms with van der Waals surface area (Å²) in [6, 6.07) is 16.1. The summed E-state index contributed by atoms with van der Waals surface area (Å²) in [5.74, 6) is -2.99. The number of hydrogen-bond acceptors (Lipinski definition) is 11. The molecule has 7 N–H and O–H groups in total. The first kappa shape index (κ1) is 52.7. The van der Waals surface area contributed by atoms with Crippen molar-refractivity contribution in [1.82, 2.24) is 10.2 Å². The summed E-state index contributed by atoms with van der Waals surface area (Å²) in [5, 5.41) is 12.1. The molecule has 4 rings (SSSR count). The monoisotopic (exact) mass is 904 g/mol. The Hall–Kier alpha value is -5.93. The highest BCUT2D eigenvalue weighted by Crippen LogP contribution is 2.41. The number of hydrogen-bond donors (Lipinski definition) is 4. The lowest BCUT2D eigenvalue weighted by Gasteiger charge is -2.32. The molecule has 0 saturated heterocycles. The van der Waals surface area contributed by atoms with Crippen LogP contribution < -0.4 is 32.0 Å². The zero-order valence-corrected chi connectivity index (χ0v) is 39.1. The van der Waals surface area contributed by atoms with Crippen molar-refractivity contribution in [2.45, 2.75) is 116 Å². The molecule has 2 amide bonds. The molecule has 1 aliphatic heterocycles. The van der Waals surface area contributed by atoms with Crippen molar-refractivity contribution in [3.8, 4) is 28.7 Å². The first-order valence-electron chi connectivity index (χ1n) is 23.5. The van der Waals surface area contributed by atoms with E-state index in [-0.39, 0.29) is 89.5 Å². The van der Waals surface area contributed by atoms with Crippen LogP contribution in [0.15, 0.2) is 54.6 Å². The maximum atomic E-state index is 14.8. The number of nitriles is 1. The summed E-state index contributed by atoms with van der Waals surface area (Å²) >= 11 is 0. The van der Waals surface area contributed by atoms with E-state index in [0.717, 1.165) is 30.4 Å². The predicted molar refractivity (Wildman–Crippen MR) is 256 cm³/mol. The number of nitrogens with two attached hydrogens (primary N) is 3. The summed E-state index contributed by atoms with van der Waals surface area (Å²) in [5.41, 5.74) is 22.3. The smallest absolute Gasteiger partial charge is 0.226 e. The van der Waals surface area contributed by atoms with Gasteiger partial charge < -0.3 is 41.7 Å². The third kappa shape index (κ3) is 15.1. The first-order chi connectivity index (χ1) is 31.9. The summed E-state index contributed by atoms with van der Waals surface area (Å²) < 4.78 is 12.3. The van der Waals surface area contributed by atoms with Gasteiger partial charge in [0.15, 0.2) is 17.3 Å². The fourth-order valence-corrected chi connectivity index (χ4v) is 8.54. The molecule has 0 fully saturated rings. The number of rotatable bonds is 25. The minimum absolute atomic E-state index is 0.0290. The lowest BCUT2D eigenvalue weighted by Crippen LogP contribution is -2.46. The Labute approximate surface area is 390 Å². The lowest BCUT2D eigenvalue weighted by molar-refractivity contribution is -0.142. The van der Waals surface area contributed by atoms with Crippen molar-refractivity contribution in [3.05, 3.63) is 93.8 Å². The Kier molecular flexibility index (Phi) is 22.0. The molecule has 14 heteroatoms. The van der Waals surface area contributed by atoms with Crippen LogP contribution in [0, 0.1) is 29.7 Å². The van der Waals surface area contributed by atoms with Gasteiger partial charge in [-0.2, -0.15) is 5.26 Å². The topological polar surface area (TPSA) is 225 Å². The normalized spacial score (nSPS) is 16.5. The number of benzene rings is 3. The zero-order chi connectivity index (χ0) is 48.0. The quantitative estimate of drug-likeness (QED) is 0.0401. The number of aryl methyl sites for hydroxylation is 1. The first-order valence-corrected chi connectivity index (χ1v) is 23.5. The molecule has 0 aromatic heterocycles. The SMILES string of the molecule is [C-]#[N+]CCc1cc(CCCCCCCC)ccc1C(=O)C[C@@H](CCN)C(=O)N(C)[C@@H]1C(=O)C[C@@H](C)C(=O)N[C@H](C(=O)CCC#N)Cc2ccc(OCCN)c(c2)-c2cc1ccc2OCCN. The van der Waals surface area contributed by atoms with Crippen LogP contribution in [0.25, 0.3) is 16.0 Å². The molecule has 66 heavy (non-hydrogen) atoms. The van der Waals surface area contributed by atoms with Gasteiger partial charge in [0.1, 0.15) is 30.8 Å². The molecule has 1 aliphatic rings. The summed E-state index contributed by atoms with van der Waals surface area (Å²) in [6.45, 7) is 12.3. The van der Waals surface area contributed by atoms with Crippen molar-refractivity contribution in [3.63, 3.8) is 0 Å². The number of unbranched alkanes of at least 4 members (excludes halogenated alkanes) is 5. The van der Waals surface area contributed by atoms with Gasteiger partial charge >= 0.3 is 0 Å². The zero-order valence-electron chi connectivity index (χ0n) is 39.1. The molecule has 4 bridgehead atoms. The second kappa shape index (κ2) is 27.5. The van der Waals surface area contributed by atoms with Gasteiger partial charge in [-0.25, -0.2) is 6.57 Å². The van der Waals surface area contributed by atoms with Gasteiger partial charge in [0.25, 0.3) is 0 Å². The maximum absolute atomic E-state index is 14.8. The van der Waals surface area contributed by atoms with Crippen LogP contribution in [0.1, 0.15) is 123 Å². The Morgan fingerprint density at radius 2 is 1.58 bits per heavy atom. The van der Waals surface area contributed by atoms with Crippen LogP contribution in [0.4, 0.5) is 0 Å². The maximum Gasteiger partial charge on any atom is 0.226 e. The standard InChI is InChI=1S/C52H69N7O7/c1-5-6-7-8-9-10-12-36-14-17-41(38(30-36)21-26-57-3)46(61)34-40(20-23-54)52(64)59(4)50-39-16-19-49(66-28-25-56)43(33-39)42-31-37(15-18-48(42)65-27-24-55)32-44(45(60)13-11-22-53)58-51(63)35(2)29-47(50)62/h14-19,30-31,33,35,40,44,50H,5-13,20-21,23-29,32,34,54-56H2,1-2,4H3,(H,58,63)/t35-,40-,44+,50+/m1/s1. The molecule has 354 valence electrons. The van der Waals surface area contributed by atoms with Crippen LogP contribution in [-0.4, -0.2) is 86.5 Å². The summed E-state index contributed by atoms with van der Waals surface area (Å²) in [6.07, 6.45) is 7.94. The number of carbonyl (C=O) groups excluding carboxylic acids is 5. The fourth-order valence-electron chi connectivity index (χ4n) is 8.54. The average Bonchev–Trinajstić information content (AvgIpc) is 3.31. The van der Waals surface area contributed by atoms with E-state index in [1.54, 1.807) is 37.3 Å². The summed E-state index contributed by atoms with van der Waals surface area (Å²) in [7, 11) is 1.52. The lowest BCUT2D eigenvalue weighted by atomic mass is 9.87. The number of carbonyl (C=O) groups is 5. The van der Waals surface area contributed by atoms with Crippen molar-refractivity contribution >= 4 is 29.2 Å². The molecule has 3 aromatic rings. The van der Waals surface area contributed by atoms with Crippen molar-refractivity contribution in [2.24, 2.45) is 29.0 Å². The van der Waals surface area contributed by atoms with E-state index >= 15 is 0 Å². The molecule has 0 saturated carbocycles. The van der Waals surface area contributed by atoms with Crippen molar-refractivity contribution in [1.29, 1.82) is 5.26 Å². The van der Waals surface area contributed by atoms with Gasteiger partial charge in [0, 0.05) is 80.8 Å². The van der Waals surface area contributed by atoms with Crippen LogP contribution in [0.3, 0.4) is 0 Å². The van der Waals surface area contributed by atoms with Crippen LogP contribution in [0.5, 0.6) is 11.5 Å². The van der Waals surface area contributed by atoms with Crippen molar-refractivity contribution < 1.29 is 33.4 Å². The number of ether oxygens (including phenoxy) is 2. The Morgan fingerprint density at radius 1 is 0.894 bits per heavy atom. The number of amides is 2. The van der Waals surface area contributed by atoms with E-state index in [0.29, 0.717) is 45.7 Å². The Balaban J connectivity index is 1.79. The van der Waals surface area contributed by atoms with Crippen LogP contribution >= 0.6 is 0 Å². The second-order valence-electron chi connectivity index (χ2n) is 17.2. The van der Waals surface area contributed by atoms with Gasteiger partial charge in [0.2, 0.25) is 18.4 Å². The van der Waals surface area contributed by atoms with Gasteiger partial charge in [-0.15, -0.1) is 0 Å². The number of Topliss-reactive ketones (excluding diaryl/α,β-unsaturated/α-hetero) is 3. The van der Waals surface area contributed by atoms with Crippen LogP contribution in [0.2, 0.25) is 0 Å². The highest BCUT2D eigenvalue weighted by molar-refractivity contribution is 6.01. The predicted octanol–water partition coefficient (Wildman–Crippen LogP) is 6.64. The molecule has 1 heterocycles. The third-order valence-corrected chi connectivity index (χ3v) is 12.1. The summed E-state index contributed by atoms with van der Waals surface area (Å²) in [4.78, 5) is 76.0. The molecule has 14 nitrogen and oxygen atoms in total. The number of likely N-dealkylation sites (N-methyl/N-ethyl adjacent to an activating group) is 1. The molecular formula is C52H69N7O7. The van der Waals surface area contributed by atoms with Crippen LogP contribution in [-0.2, 0) is 38.4 Å². The van der Waals surface area contributed by atoms with Gasteiger partial charge in [0.05, 0.1) is 12.1 Å². The van der Waals surface area contributed by atoms with Crippen molar-refractivity contribution in [2.75, 3.05) is 46.4 Å². The molecule has 3 aromatic carbocycles. The van der Waals surface area contributed by atoms with E-state index in [4.69, 9.17) is 33.2 Å². The van der Waals surface area contributed by atoms with Gasteiger partial charge in [-0.05, 0) is 78.7 Å². The van der Waals surface area contributed by atoms with E-state index in [9.17, 15) is 29.2 Å². The molecule has 0 aliphatic carbocycles. The molecule has 0 spiro atoms. The highest BCUT2D eigenvalue weighted by Gasteiger charge is 2.36. The largest absolute Gasteiger partial charge is 0.492 e. The van der Waals surface area contributed by atoms with E-state index in [1.807, 2.05) is 30.3 Å². The van der Waals surface area contributed by atoms with Gasteiger partial charge in [-0.1, -0.05) is 76.3 Å². The minimum atomic E-state index is -1.23. The molecule has 0 radical (unpaired) electrons. The van der Waals surface area contributed by atoms with Gasteiger partial charge in [-0.3, -0.25) is 24.0 Å². The number of fused-ring (bicyclic) bond motifs is 5. The molecule has 0 unspecified atom stereocenters. The Morgan fingerprint density at radius 3 is 2.24 bits per heavy atom. The number of nitrogens with zero attached hydrogens (tertiary/aromatic N) is 3. The van der Waals surface area contributed by atoms with E-state index in [1.165, 1.54) is 37.6 Å². The third-order valence-electron chi connectivity index (χ3n) is 12.1. The average molecular weight is 904 g/mol. The fraction of sp³-hybridized carbons (Fsp3) is 0.519.